The first kappa shape index (κ1) is 7.90. The zero-order chi connectivity index (χ0) is 7.68. The molecule has 0 aliphatic carbocycles. The van der Waals surface area contributed by atoms with Gasteiger partial charge in [0.25, 0.3) is 0 Å². The summed E-state index contributed by atoms with van der Waals surface area (Å²) in [6.45, 7) is 0. The molecule has 2 aliphatic rings. The summed E-state index contributed by atoms with van der Waals surface area (Å²) in [6.07, 6.45) is 3.59. The van der Waals surface area contributed by atoms with Crippen LogP contribution in [0.4, 0.5) is 0 Å². The molecule has 2 bridgehead atoms. The summed E-state index contributed by atoms with van der Waals surface area (Å²) in [5.74, 6) is 2.33. The summed E-state index contributed by atoms with van der Waals surface area (Å²) in [7, 11) is 1.80. The Morgan fingerprint density at radius 3 is 2.45 bits per heavy atom. The van der Waals surface area contributed by atoms with Gasteiger partial charge in [0.1, 0.15) is 0 Å². The molecule has 2 atom stereocenters. The first-order valence-electron chi connectivity index (χ1n) is 4.14. The Morgan fingerprint density at radius 1 is 1.27 bits per heavy atom. The van der Waals surface area contributed by atoms with Crippen molar-refractivity contribution in [1.82, 2.24) is 0 Å². The lowest BCUT2D eigenvalue weighted by atomic mass is 10.0. The van der Waals surface area contributed by atoms with Gasteiger partial charge in [-0.2, -0.15) is 11.8 Å². The highest BCUT2D eigenvalue weighted by atomic mass is 32.2. The molecule has 0 N–H and O–H groups in total. The van der Waals surface area contributed by atoms with Crippen LogP contribution in [0.15, 0.2) is 0 Å². The molecule has 0 saturated carbocycles. The normalized spacial score (nSPS) is 43.9. The average molecular weight is 174 g/mol. The predicted molar refractivity (Wildman–Crippen MR) is 46.0 cm³/mol. The Labute approximate surface area is 71.6 Å². The number of hydrogen-bond acceptors (Lipinski definition) is 3. The zero-order valence-electron chi connectivity index (χ0n) is 6.79. The molecule has 3 heteroatoms. The van der Waals surface area contributed by atoms with Crippen molar-refractivity contribution in [3.05, 3.63) is 0 Å². The number of rotatable bonds is 1. The third-order valence-electron chi connectivity index (χ3n) is 2.38. The van der Waals surface area contributed by atoms with Crippen LogP contribution in [0.2, 0.25) is 0 Å². The monoisotopic (exact) mass is 174 g/mol. The predicted octanol–water partition coefficient (Wildman–Crippen LogP) is 1.30. The van der Waals surface area contributed by atoms with Crippen LogP contribution in [0.3, 0.4) is 0 Å². The molecule has 0 amide bonds. The van der Waals surface area contributed by atoms with Gasteiger partial charge in [0.05, 0.1) is 18.3 Å². The second kappa shape index (κ2) is 3.33. The van der Waals surface area contributed by atoms with Crippen molar-refractivity contribution in [2.75, 3.05) is 18.6 Å². The highest BCUT2D eigenvalue weighted by molar-refractivity contribution is 7.99. The van der Waals surface area contributed by atoms with Crippen LogP contribution < -0.4 is 0 Å². The van der Waals surface area contributed by atoms with Crippen LogP contribution in [-0.2, 0) is 9.47 Å². The molecule has 0 aromatic rings. The number of fused-ring (bicyclic) bond motifs is 2. The highest BCUT2D eigenvalue weighted by Gasteiger charge is 2.32. The molecule has 2 saturated heterocycles. The van der Waals surface area contributed by atoms with Gasteiger partial charge in [-0.05, 0) is 0 Å². The van der Waals surface area contributed by atoms with Gasteiger partial charge >= 0.3 is 0 Å². The van der Waals surface area contributed by atoms with Gasteiger partial charge in [-0.1, -0.05) is 0 Å². The molecule has 2 nitrogen and oxygen atoms in total. The fraction of sp³-hybridized carbons (Fsp3) is 1.00. The molecule has 2 rings (SSSR count). The summed E-state index contributed by atoms with van der Waals surface area (Å²) in [5.41, 5.74) is 0. The van der Waals surface area contributed by atoms with Gasteiger partial charge in [0.2, 0.25) is 0 Å². The van der Waals surface area contributed by atoms with Crippen molar-refractivity contribution >= 4 is 11.8 Å². The van der Waals surface area contributed by atoms with E-state index in [4.69, 9.17) is 9.47 Å². The Balaban J connectivity index is 1.94. The van der Waals surface area contributed by atoms with E-state index in [-0.39, 0.29) is 0 Å². The number of thioether (sulfide) groups is 1. The Bertz CT molecular complexity index is 128. The van der Waals surface area contributed by atoms with Crippen LogP contribution in [0.25, 0.3) is 0 Å². The Kier molecular flexibility index (Phi) is 2.39. The molecule has 0 spiro atoms. The average Bonchev–Trinajstić information content (AvgIpc) is 2.03. The summed E-state index contributed by atoms with van der Waals surface area (Å²) in [5, 5.41) is 0. The van der Waals surface area contributed by atoms with Gasteiger partial charge in [-0.25, -0.2) is 0 Å². The van der Waals surface area contributed by atoms with E-state index in [1.165, 1.54) is 0 Å². The van der Waals surface area contributed by atoms with Crippen molar-refractivity contribution in [2.24, 2.45) is 0 Å². The molecule has 2 aliphatic heterocycles. The summed E-state index contributed by atoms with van der Waals surface area (Å²) < 4.78 is 11.1. The van der Waals surface area contributed by atoms with Crippen molar-refractivity contribution in [3.8, 4) is 0 Å². The highest BCUT2D eigenvalue weighted by Crippen LogP contribution is 2.30. The number of hydrogen-bond donors (Lipinski definition) is 0. The molecule has 0 aromatic heterocycles. The maximum absolute atomic E-state index is 5.75. The Hall–Kier alpha value is 0.270. The van der Waals surface area contributed by atoms with E-state index in [2.05, 4.69) is 0 Å². The molecular formula is C8H14O2S. The standard InChI is InChI=1S/C8H14O2S/c1-9-6-2-7-4-11-5-8(3-6)10-7/h6-8H,2-5H2,1H3. The van der Waals surface area contributed by atoms with Gasteiger partial charge in [0.15, 0.2) is 0 Å². The molecular weight excluding hydrogens is 160 g/mol. The van der Waals surface area contributed by atoms with E-state index in [0.717, 1.165) is 24.3 Å². The van der Waals surface area contributed by atoms with Crippen LogP contribution in [0.1, 0.15) is 12.8 Å². The molecule has 0 aromatic carbocycles. The Morgan fingerprint density at radius 2 is 1.91 bits per heavy atom. The lowest BCUT2D eigenvalue weighted by molar-refractivity contribution is -0.0911. The smallest absolute Gasteiger partial charge is 0.0694 e. The SMILES string of the molecule is COC1CC2CSCC(C1)O2. The second-order valence-corrected chi connectivity index (χ2v) is 4.32. The maximum Gasteiger partial charge on any atom is 0.0694 e. The first-order chi connectivity index (χ1) is 5.38. The van der Waals surface area contributed by atoms with Crippen molar-refractivity contribution < 1.29 is 9.47 Å². The van der Waals surface area contributed by atoms with Crippen LogP contribution >= 0.6 is 11.8 Å². The van der Waals surface area contributed by atoms with Gasteiger partial charge in [-0.3, -0.25) is 0 Å². The summed E-state index contributed by atoms with van der Waals surface area (Å²) >= 11 is 2.02. The van der Waals surface area contributed by atoms with Crippen LogP contribution in [0, 0.1) is 0 Å². The van der Waals surface area contributed by atoms with Gasteiger partial charge in [0, 0.05) is 31.5 Å². The summed E-state index contributed by atoms with van der Waals surface area (Å²) in [4.78, 5) is 0. The van der Waals surface area contributed by atoms with E-state index in [0.29, 0.717) is 18.3 Å². The van der Waals surface area contributed by atoms with E-state index < -0.39 is 0 Å². The van der Waals surface area contributed by atoms with E-state index >= 15 is 0 Å². The number of ether oxygens (including phenoxy) is 2. The van der Waals surface area contributed by atoms with Gasteiger partial charge in [-0.15, -0.1) is 0 Å². The minimum atomic E-state index is 0.458. The minimum absolute atomic E-state index is 0.458. The first-order valence-corrected chi connectivity index (χ1v) is 5.30. The fourth-order valence-electron chi connectivity index (χ4n) is 1.80. The molecule has 0 radical (unpaired) electrons. The van der Waals surface area contributed by atoms with Crippen LogP contribution in [0.5, 0.6) is 0 Å². The molecule has 2 heterocycles. The van der Waals surface area contributed by atoms with Crippen molar-refractivity contribution in [3.63, 3.8) is 0 Å². The van der Waals surface area contributed by atoms with Crippen LogP contribution in [-0.4, -0.2) is 36.9 Å². The largest absolute Gasteiger partial charge is 0.381 e. The number of methoxy groups -OCH3 is 1. The summed E-state index contributed by atoms with van der Waals surface area (Å²) in [6, 6.07) is 0. The van der Waals surface area contributed by atoms with Crippen molar-refractivity contribution in [1.29, 1.82) is 0 Å². The zero-order valence-corrected chi connectivity index (χ0v) is 7.60. The van der Waals surface area contributed by atoms with Gasteiger partial charge < -0.3 is 9.47 Å². The molecule has 64 valence electrons. The molecule has 11 heavy (non-hydrogen) atoms. The molecule has 2 fully saturated rings. The lowest BCUT2D eigenvalue weighted by Gasteiger charge is -2.38. The lowest BCUT2D eigenvalue weighted by Crippen LogP contribution is -2.42. The third kappa shape index (κ3) is 1.71. The van der Waals surface area contributed by atoms with Crippen molar-refractivity contribution in [2.45, 2.75) is 31.2 Å². The quantitative estimate of drug-likeness (QED) is 0.597. The van der Waals surface area contributed by atoms with E-state index in [9.17, 15) is 0 Å². The third-order valence-corrected chi connectivity index (χ3v) is 3.59. The fourth-order valence-corrected chi connectivity index (χ4v) is 2.90. The van der Waals surface area contributed by atoms with E-state index in [1.807, 2.05) is 11.8 Å². The topological polar surface area (TPSA) is 18.5 Å². The second-order valence-electron chi connectivity index (χ2n) is 3.25. The van der Waals surface area contributed by atoms with E-state index in [1.54, 1.807) is 7.11 Å². The molecule has 2 unspecified atom stereocenters. The maximum atomic E-state index is 5.75. The minimum Gasteiger partial charge on any atom is -0.381 e.